The molecule has 0 saturated heterocycles. The number of aliphatic imine (C=N–C) groups is 2. The standard InChI is InChI=1S/C9H14N4O2/c1-6(14)13-8(9(15)10-2)3-7-4-11-5-12-7/h4-5,7-8H,3H2,1-2H3,(H,10,15)(H,13,14)/t7-,8+/m1/s1. The quantitative estimate of drug-likeness (QED) is 0.631. The highest BCUT2D eigenvalue weighted by molar-refractivity contribution is 5.88. The Hall–Kier alpha value is -1.72. The molecule has 1 aliphatic heterocycles. The molecule has 0 saturated carbocycles. The van der Waals surface area contributed by atoms with Gasteiger partial charge in [-0.2, -0.15) is 0 Å². The van der Waals surface area contributed by atoms with E-state index < -0.39 is 6.04 Å². The van der Waals surface area contributed by atoms with Gasteiger partial charge < -0.3 is 10.6 Å². The number of nitrogens with one attached hydrogen (secondary N) is 2. The van der Waals surface area contributed by atoms with Crippen molar-refractivity contribution in [1.29, 1.82) is 0 Å². The summed E-state index contributed by atoms with van der Waals surface area (Å²) in [5.74, 6) is -0.455. The molecule has 0 unspecified atom stereocenters. The lowest BCUT2D eigenvalue weighted by Gasteiger charge is -2.17. The average Bonchev–Trinajstić information content (AvgIpc) is 2.67. The molecule has 0 radical (unpaired) electrons. The number of carbonyl (C=O) groups excluding carboxylic acids is 2. The second-order valence-corrected chi connectivity index (χ2v) is 3.23. The Bertz CT molecular complexity index is 299. The Morgan fingerprint density at radius 1 is 1.53 bits per heavy atom. The number of hydrogen-bond acceptors (Lipinski definition) is 4. The Kier molecular flexibility index (Phi) is 3.96. The maximum absolute atomic E-state index is 11.4. The number of rotatable bonds is 4. The average molecular weight is 210 g/mol. The number of carbonyl (C=O) groups is 2. The van der Waals surface area contributed by atoms with Gasteiger partial charge in [0.1, 0.15) is 12.4 Å². The van der Waals surface area contributed by atoms with Crippen LogP contribution >= 0.6 is 0 Å². The van der Waals surface area contributed by atoms with Crippen LogP contribution in [0.4, 0.5) is 0 Å². The van der Waals surface area contributed by atoms with E-state index in [1.165, 1.54) is 20.3 Å². The summed E-state index contributed by atoms with van der Waals surface area (Å²) < 4.78 is 0. The maximum Gasteiger partial charge on any atom is 0.242 e. The van der Waals surface area contributed by atoms with Gasteiger partial charge in [-0.05, 0) is 0 Å². The van der Waals surface area contributed by atoms with Crippen molar-refractivity contribution < 1.29 is 9.59 Å². The zero-order valence-electron chi connectivity index (χ0n) is 8.73. The zero-order valence-corrected chi connectivity index (χ0v) is 8.73. The molecule has 2 amide bonds. The molecule has 6 heteroatoms. The predicted molar refractivity (Wildman–Crippen MR) is 57.1 cm³/mol. The van der Waals surface area contributed by atoms with Crippen molar-refractivity contribution in [2.45, 2.75) is 25.4 Å². The molecule has 0 bridgehead atoms. The van der Waals surface area contributed by atoms with Crippen molar-refractivity contribution in [3.8, 4) is 0 Å². The smallest absolute Gasteiger partial charge is 0.242 e. The minimum Gasteiger partial charge on any atom is -0.357 e. The fourth-order valence-corrected chi connectivity index (χ4v) is 1.31. The molecule has 6 nitrogen and oxygen atoms in total. The fraction of sp³-hybridized carbons (Fsp3) is 0.556. The first-order valence-corrected chi connectivity index (χ1v) is 4.67. The summed E-state index contributed by atoms with van der Waals surface area (Å²) in [5.41, 5.74) is 0. The molecule has 0 aromatic carbocycles. The molecular formula is C9H14N4O2. The Labute approximate surface area is 87.9 Å². The molecule has 0 fully saturated rings. The van der Waals surface area contributed by atoms with Crippen molar-refractivity contribution in [2.75, 3.05) is 7.05 Å². The van der Waals surface area contributed by atoms with E-state index in [1.807, 2.05) is 0 Å². The minimum atomic E-state index is -0.556. The summed E-state index contributed by atoms with van der Waals surface area (Å²) in [6.45, 7) is 1.38. The number of nitrogens with zero attached hydrogens (tertiary/aromatic N) is 2. The fourth-order valence-electron chi connectivity index (χ4n) is 1.31. The normalized spacial score (nSPS) is 20.0. The summed E-state index contributed by atoms with van der Waals surface area (Å²) in [6, 6.07) is -0.682. The van der Waals surface area contributed by atoms with E-state index in [0.29, 0.717) is 6.42 Å². The van der Waals surface area contributed by atoms with Gasteiger partial charge >= 0.3 is 0 Å². The predicted octanol–water partition coefficient (Wildman–Crippen LogP) is -0.891. The Morgan fingerprint density at radius 2 is 2.27 bits per heavy atom. The highest BCUT2D eigenvalue weighted by atomic mass is 16.2. The molecule has 2 atom stereocenters. The van der Waals surface area contributed by atoms with Crippen LogP contribution in [0.5, 0.6) is 0 Å². The van der Waals surface area contributed by atoms with E-state index in [1.54, 1.807) is 6.21 Å². The molecule has 15 heavy (non-hydrogen) atoms. The van der Waals surface area contributed by atoms with Crippen molar-refractivity contribution in [3.05, 3.63) is 0 Å². The lowest BCUT2D eigenvalue weighted by atomic mass is 10.1. The molecule has 1 heterocycles. The summed E-state index contributed by atoms with van der Waals surface area (Å²) in [5, 5.41) is 5.07. The van der Waals surface area contributed by atoms with Crippen molar-refractivity contribution in [3.63, 3.8) is 0 Å². The van der Waals surface area contributed by atoms with Crippen LogP contribution in [0.15, 0.2) is 9.98 Å². The number of amides is 2. The monoisotopic (exact) mass is 210 g/mol. The third-order valence-electron chi connectivity index (χ3n) is 2.00. The minimum absolute atomic E-state index is 0.126. The molecule has 0 aromatic rings. The molecular weight excluding hydrogens is 196 g/mol. The van der Waals surface area contributed by atoms with Gasteiger partial charge in [-0.25, -0.2) is 4.99 Å². The van der Waals surface area contributed by atoms with E-state index in [0.717, 1.165) is 0 Å². The van der Waals surface area contributed by atoms with Crippen LogP contribution < -0.4 is 10.6 Å². The zero-order chi connectivity index (χ0) is 11.3. The Balaban J connectivity index is 2.55. The molecule has 1 aliphatic rings. The Morgan fingerprint density at radius 3 is 2.73 bits per heavy atom. The van der Waals surface area contributed by atoms with Gasteiger partial charge in [0.25, 0.3) is 0 Å². The van der Waals surface area contributed by atoms with Gasteiger partial charge in [0.15, 0.2) is 0 Å². The first kappa shape index (κ1) is 11.4. The van der Waals surface area contributed by atoms with Crippen molar-refractivity contribution in [1.82, 2.24) is 10.6 Å². The summed E-state index contributed by atoms with van der Waals surface area (Å²) >= 11 is 0. The van der Waals surface area contributed by atoms with Gasteiger partial charge in [-0.1, -0.05) is 0 Å². The summed E-state index contributed by atoms with van der Waals surface area (Å²) in [7, 11) is 1.53. The van der Waals surface area contributed by atoms with Crippen LogP contribution in [0, 0.1) is 0 Å². The van der Waals surface area contributed by atoms with Crippen LogP contribution in [0.3, 0.4) is 0 Å². The van der Waals surface area contributed by atoms with Gasteiger partial charge in [0.2, 0.25) is 11.8 Å². The van der Waals surface area contributed by atoms with Gasteiger partial charge in [0.05, 0.1) is 6.04 Å². The van der Waals surface area contributed by atoms with Crippen LogP contribution in [0.2, 0.25) is 0 Å². The topological polar surface area (TPSA) is 82.9 Å². The van der Waals surface area contributed by atoms with E-state index in [2.05, 4.69) is 20.6 Å². The molecule has 82 valence electrons. The number of likely N-dealkylation sites (N-methyl/N-ethyl adjacent to an activating group) is 1. The van der Waals surface area contributed by atoms with Crippen LogP contribution in [-0.2, 0) is 9.59 Å². The maximum atomic E-state index is 11.4. The highest BCUT2D eigenvalue weighted by Crippen LogP contribution is 2.04. The third-order valence-corrected chi connectivity index (χ3v) is 2.00. The van der Waals surface area contributed by atoms with Crippen molar-refractivity contribution in [2.24, 2.45) is 9.98 Å². The molecule has 1 rings (SSSR count). The second-order valence-electron chi connectivity index (χ2n) is 3.23. The van der Waals surface area contributed by atoms with E-state index >= 15 is 0 Å². The first-order valence-electron chi connectivity index (χ1n) is 4.67. The highest BCUT2D eigenvalue weighted by Gasteiger charge is 2.22. The molecule has 0 aromatic heterocycles. The van der Waals surface area contributed by atoms with Gasteiger partial charge in [-0.3, -0.25) is 14.6 Å². The second kappa shape index (κ2) is 5.23. The van der Waals surface area contributed by atoms with Crippen LogP contribution in [-0.4, -0.2) is 43.5 Å². The summed E-state index contributed by atoms with van der Waals surface area (Å²) in [6.07, 6.45) is 3.52. The lowest BCUT2D eigenvalue weighted by molar-refractivity contribution is -0.127. The lowest BCUT2D eigenvalue weighted by Crippen LogP contribution is -2.46. The molecule has 0 aliphatic carbocycles. The third kappa shape index (κ3) is 3.49. The number of hydrogen-bond donors (Lipinski definition) is 2. The van der Waals surface area contributed by atoms with Crippen LogP contribution in [0.1, 0.15) is 13.3 Å². The summed E-state index contributed by atoms with van der Waals surface area (Å²) in [4.78, 5) is 30.1. The van der Waals surface area contributed by atoms with E-state index in [4.69, 9.17) is 0 Å². The van der Waals surface area contributed by atoms with Crippen LogP contribution in [0.25, 0.3) is 0 Å². The van der Waals surface area contributed by atoms with Gasteiger partial charge in [-0.15, -0.1) is 0 Å². The van der Waals surface area contributed by atoms with Crippen molar-refractivity contribution >= 4 is 24.4 Å². The largest absolute Gasteiger partial charge is 0.357 e. The first-order chi connectivity index (χ1) is 7.13. The molecule has 0 spiro atoms. The van der Waals surface area contributed by atoms with Gasteiger partial charge in [0, 0.05) is 26.6 Å². The SMILES string of the molecule is CNC(=O)[C@H](C[C@@H]1C=NC=N1)NC(C)=O. The molecule has 2 N–H and O–H groups in total. The van der Waals surface area contributed by atoms with E-state index in [-0.39, 0.29) is 17.9 Å². The van der Waals surface area contributed by atoms with E-state index in [9.17, 15) is 9.59 Å².